The van der Waals surface area contributed by atoms with E-state index in [0.717, 1.165) is 24.9 Å². The van der Waals surface area contributed by atoms with Crippen molar-refractivity contribution in [3.8, 4) is 0 Å². The summed E-state index contributed by atoms with van der Waals surface area (Å²) in [5.74, 6) is 0. The van der Waals surface area contributed by atoms with E-state index >= 15 is 0 Å². The molecule has 1 aromatic carbocycles. The van der Waals surface area contributed by atoms with Crippen molar-refractivity contribution in [2.45, 2.75) is 45.3 Å². The van der Waals surface area contributed by atoms with Crippen LogP contribution in [0.5, 0.6) is 0 Å². The van der Waals surface area contributed by atoms with Crippen molar-refractivity contribution < 1.29 is 4.74 Å². The van der Waals surface area contributed by atoms with E-state index in [9.17, 15) is 0 Å². The first kappa shape index (κ1) is 15.4. The summed E-state index contributed by atoms with van der Waals surface area (Å²) < 4.78 is 6.82. The predicted molar refractivity (Wildman–Crippen MR) is 86.5 cm³/mol. The number of likely N-dealkylation sites (N-methyl/N-ethyl adjacent to an activating group) is 1. The quantitative estimate of drug-likeness (QED) is 0.846. The van der Waals surface area contributed by atoms with Gasteiger partial charge in [-0.2, -0.15) is 0 Å². The first-order valence-corrected chi connectivity index (χ1v) is 7.98. The molecule has 3 nitrogen and oxygen atoms in total. The third-order valence-corrected chi connectivity index (χ3v) is 4.60. The van der Waals surface area contributed by atoms with E-state index in [1.807, 2.05) is 6.07 Å². The molecule has 0 radical (unpaired) electrons. The number of hydrogen-bond acceptors (Lipinski definition) is 4. The molecular weight excluding hydrogens is 268 g/mol. The van der Waals surface area contributed by atoms with Crippen LogP contribution in [-0.2, 0) is 11.2 Å². The van der Waals surface area contributed by atoms with Crippen molar-refractivity contribution in [3.05, 3.63) is 29.3 Å². The van der Waals surface area contributed by atoms with Crippen molar-refractivity contribution in [2.75, 3.05) is 13.7 Å². The van der Waals surface area contributed by atoms with Crippen LogP contribution in [-0.4, -0.2) is 30.3 Å². The predicted octanol–water partition coefficient (Wildman–Crippen LogP) is 3.63. The zero-order chi connectivity index (χ0) is 14.6. The zero-order valence-electron chi connectivity index (χ0n) is 12.8. The van der Waals surface area contributed by atoms with Crippen LogP contribution < -0.4 is 5.32 Å². The van der Waals surface area contributed by atoms with Crippen LogP contribution in [0.2, 0.25) is 0 Å². The second-order valence-electron chi connectivity index (χ2n) is 5.70. The van der Waals surface area contributed by atoms with E-state index in [4.69, 9.17) is 9.72 Å². The third kappa shape index (κ3) is 4.01. The van der Waals surface area contributed by atoms with Gasteiger partial charge in [0.25, 0.3) is 0 Å². The first-order valence-electron chi connectivity index (χ1n) is 7.17. The summed E-state index contributed by atoms with van der Waals surface area (Å²) in [6, 6.07) is 8.73. The van der Waals surface area contributed by atoms with Gasteiger partial charge in [-0.15, -0.1) is 11.3 Å². The van der Waals surface area contributed by atoms with Crippen LogP contribution in [0.3, 0.4) is 0 Å². The van der Waals surface area contributed by atoms with Gasteiger partial charge in [-0.05, 0) is 38.9 Å². The number of ether oxygens (including phenoxy) is 1. The van der Waals surface area contributed by atoms with E-state index in [0.29, 0.717) is 6.04 Å². The summed E-state index contributed by atoms with van der Waals surface area (Å²) in [4.78, 5) is 4.73. The highest BCUT2D eigenvalue weighted by molar-refractivity contribution is 7.18. The van der Waals surface area contributed by atoms with E-state index in [2.05, 4.69) is 44.3 Å². The Bertz CT molecular complexity index is 517. The number of aromatic nitrogens is 1. The highest BCUT2D eigenvalue weighted by atomic mass is 32.1. The van der Waals surface area contributed by atoms with E-state index < -0.39 is 0 Å². The second kappa shape index (κ2) is 6.66. The molecule has 0 saturated carbocycles. The van der Waals surface area contributed by atoms with Crippen LogP contribution in [0.15, 0.2) is 24.3 Å². The Labute approximate surface area is 125 Å². The molecule has 0 saturated heterocycles. The molecule has 1 aromatic heterocycles. The van der Waals surface area contributed by atoms with Crippen molar-refractivity contribution >= 4 is 21.6 Å². The van der Waals surface area contributed by atoms with Gasteiger partial charge < -0.3 is 10.1 Å². The molecule has 0 spiro atoms. The number of benzene rings is 1. The summed E-state index contributed by atoms with van der Waals surface area (Å²) >= 11 is 1.79. The maximum Gasteiger partial charge on any atom is 0.0954 e. The first-order chi connectivity index (χ1) is 9.54. The largest absolute Gasteiger partial charge is 0.379 e. The molecule has 1 atom stereocenters. The zero-order valence-corrected chi connectivity index (χ0v) is 13.6. The van der Waals surface area contributed by atoms with Crippen molar-refractivity contribution in [1.82, 2.24) is 10.3 Å². The van der Waals surface area contributed by atoms with Crippen LogP contribution in [0.25, 0.3) is 10.2 Å². The Morgan fingerprint density at radius 3 is 2.75 bits per heavy atom. The van der Waals surface area contributed by atoms with E-state index in [1.54, 1.807) is 18.4 Å². The third-order valence-electron chi connectivity index (χ3n) is 3.54. The monoisotopic (exact) mass is 292 g/mol. The number of hydrogen-bond donors (Lipinski definition) is 1. The number of thiazole rings is 1. The Morgan fingerprint density at radius 2 is 2.10 bits per heavy atom. The second-order valence-corrected chi connectivity index (χ2v) is 6.82. The normalized spacial score (nSPS) is 13.8. The molecule has 2 rings (SSSR count). The van der Waals surface area contributed by atoms with Crippen molar-refractivity contribution in [1.29, 1.82) is 0 Å². The minimum atomic E-state index is -0.108. The summed E-state index contributed by atoms with van der Waals surface area (Å²) in [7, 11) is 1.78. The van der Waals surface area contributed by atoms with Gasteiger partial charge in [-0.1, -0.05) is 19.1 Å². The molecule has 2 aromatic rings. The molecule has 1 heterocycles. The summed E-state index contributed by atoms with van der Waals surface area (Å²) in [5, 5.41) is 4.75. The molecule has 20 heavy (non-hydrogen) atoms. The van der Waals surface area contributed by atoms with Crippen LogP contribution >= 0.6 is 11.3 Å². The van der Waals surface area contributed by atoms with Crippen molar-refractivity contribution in [2.24, 2.45) is 0 Å². The van der Waals surface area contributed by atoms with E-state index in [-0.39, 0.29) is 5.60 Å². The molecule has 0 aliphatic rings. The van der Waals surface area contributed by atoms with E-state index in [1.165, 1.54) is 9.71 Å². The van der Waals surface area contributed by atoms with Crippen LogP contribution in [0, 0.1) is 0 Å². The topological polar surface area (TPSA) is 34.2 Å². The van der Waals surface area contributed by atoms with Crippen molar-refractivity contribution in [3.63, 3.8) is 0 Å². The van der Waals surface area contributed by atoms with Gasteiger partial charge in [-0.25, -0.2) is 4.98 Å². The highest BCUT2D eigenvalue weighted by Crippen LogP contribution is 2.24. The molecule has 110 valence electrons. The lowest BCUT2D eigenvalue weighted by Gasteiger charge is -2.28. The molecular formula is C16H24N2OS. The lowest BCUT2D eigenvalue weighted by molar-refractivity contribution is 0.00727. The number of nitrogens with zero attached hydrogens (tertiary/aromatic N) is 1. The van der Waals surface area contributed by atoms with Crippen LogP contribution in [0.4, 0.5) is 0 Å². The SMILES string of the molecule is CCNC(Cc1nc2ccccc2s1)CC(C)(C)OC. The molecule has 0 bridgehead atoms. The van der Waals surface area contributed by atoms with Gasteiger partial charge in [0.05, 0.1) is 20.8 Å². The van der Waals surface area contributed by atoms with Gasteiger partial charge in [0, 0.05) is 19.6 Å². The highest BCUT2D eigenvalue weighted by Gasteiger charge is 2.23. The number of rotatable bonds is 7. The molecule has 1 N–H and O–H groups in total. The fourth-order valence-corrected chi connectivity index (χ4v) is 3.45. The summed E-state index contributed by atoms with van der Waals surface area (Å²) in [6.07, 6.45) is 1.94. The summed E-state index contributed by atoms with van der Waals surface area (Å²) in [5.41, 5.74) is 0.998. The molecule has 0 fully saturated rings. The maximum atomic E-state index is 5.55. The van der Waals surface area contributed by atoms with Gasteiger partial charge in [0.2, 0.25) is 0 Å². The molecule has 1 unspecified atom stereocenters. The number of methoxy groups -OCH3 is 1. The Kier molecular flexibility index (Phi) is 5.13. The smallest absolute Gasteiger partial charge is 0.0954 e. The number of nitrogens with one attached hydrogen (secondary N) is 1. The average molecular weight is 292 g/mol. The molecule has 4 heteroatoms. The van der Waals surface area contributed by atoms with Gasteiger partial charge in [-0.3, -0.25) is 0 Å². The Hall–Kier alpha value is -0.970. The fraction of sp³-hybridized carbons (Fsp3) is 0.562. The molecule has 0 aliphatic carbocycles. The standard InChI is InChI=1S/C16H24N2OS/c1-5-17-12(11-16(2,3)19-4)10-15-18-13-8-6-7-9-14(13)20-15/h6-9,12,17H,5,10-11H2,1-4H3. The van der Waals surface area contributed by atoms with Crippen LogP contribution in [0.1, 0.15) is 32.2 Å². The lowest BCUT2D eigenvalue weighted by Crippen LogP contribution is -2.39. The number of para-hydroxylation sites is 1. The minimum absolute atomic E-state index is 0.108. The fourth-order valence-electron chi connectivity index (χ4n) is 2.40. The summed E-state index contributed by atoms with van der Waals surface area (Å²) in [6.45, 7) is 7.38. The van der Waals surface area contributed by atoms with Gasteiger partial charge >= 0.3 is 0 Å². The lowest BCUT2D eigenvalue weighted by atomic mass is 9.97. The Balaban J connectivity index is 2.10. The molecule has 0 aliphatic heterocycles. The van der Waals surface area contributed by atoms with Gasteiger partial charge in [0.1, 0.15) is 0 Å². The van der Waals surface area contributed by atoms with Gasteiger partial charge in [0.15, 0.2) is 0 Å². The number of fused-ring (bicyclic) bond motifs is 1. The Morgan fingerprint density at radius 1 is 1.35 bits per heavy atom. The molecule has 0 amide bonds. The maximum absolute atomic E-state index is 5.55. The minimum Gasteiger partial charge on any atom is -0.379 e. The average Bonchev–Trinajstić information content (AvgIpc) is 2.80.